The Balaban J connectivity index is 1.80. The van der Waals surface area contributed by atoms with Crippen molar-refractivity contribution in [2.45, 2.75) is 42.0 Å². The van der Waals surface area contributed by atoms with Gasteiger partial charge in [-0.25, -0.2) is 0 Å². The van der Waals surface area contributed by atoms with Crippen LogP contribution in [0.1, 0.15) is 32.1 Å². The molecule has 6 aliphatic rings. The van der Waals surface area contributed by atoms with Crippen LogP contribution in [0, 0.1) is 17.8 Å². The fourth-order valence-corrected chi connectivity index (χ4v) is 6.62. The Morgan fingerprint density at radius 2 is 2.11 bits per heavy atom. The van der Waals surface area contributed by atoms with Crippen LogP contribution in [-0.2, 0) is 9.53 Å². The maximum absolute atomic E-state index is 13.1. The van der Waals surface area contributed by atoms with Gasteiger partial charge in [-0.15, -0.1) is 0 Å². The first-order chi connectivity index (χ1) is 9.19. The number of hydrogen-bond acceptors (Lipinski definition) is 2. The van der Waals surface area contributed by atoms with Crippen LogP contribution in [0.5, 0.6) is 0 Å². The fourth-order valence-electron chi connectivity index (χ4n) is 5.34. The average Bonchev–Trinajstić information content (AvgIpc) is 3.04. The van der Waals surface area contributed by atoms with E-state index in [-0.39, 0.29) is 0 Å². The number of carbonyl (C=O) groups excluding carboxylic acids is 1. The zero-order valence-electron chi connectivity index (χ0n) is 10.8. The molecule has 3 heteroatoms. The van der Waals surface area contributed by atoms with Crippen LogP contribution in [0.15, 0.2) is 23.3 Å². The number of carbonyl (C=O) groups is 1. The number of rotatable bonds is 0. The molecule has 2 fully saturated rings. The third-order valence-corrected chi connectivity index (χ3v) is 7.47. The topological polar surface area (TPSA) is 29.6 Å². The molecule has 0 aromatic carbocycles. The molecule has 1 saturated heterocycles. The molecule has 0 aromatic heterocycles. The molecule has 100 valence electrons. The molecule has 5 atom stereocenters. The van der Waals surface area contributed by atoms with Crippen LogP contribution in [0.4, 0.5) is 0 Å². The van der Waals surface area contributed by atoms with Gasteiger partial charge in [-0.3, -0.25) is 4.79 Å². The van der Waals surface area contributed by atoms with Gasteiger partial charge < -0.3 is 4.74 Å². The monoisotopic (exact) mass is 320 g/mol. The van der Waals surface area contributed by atoms with Gasteiger partial charge in [0.15, 0.2) is 11.4 Å². The van der Waals surface area contributed by atoms with Crippen molar-refractivity contribution in [1.29, 1.82) is 0 Å². The van der Waals surface area contributed by atoms with Crippen molar-refractivity contribution >= 4 is 21.7 Å². The maximum Gasteiger partial charge on any atom is 0.188 e. The lowest BCUT2D eigenvalue weighted by Gasteiger charge is -2.56. The number of halogens is 1. The first-order valence-electron chi connectivity index (χ1n) is 7.46. The van der Waals surface area contributed by atoms with Gasteiger partial charge in [0.25, 0.3) is 0 Å². The second-order valence-corrected chi connectivity index (χ2v) is 8.01. The molecule has 1 spiro atoms. The molecule has 0 radical (unpaired) electrons. The van der Waals surface area contributed by atoms with E-state index < -0.39 is 9.93 Å². The normalized spacial score (nSPS) is 53.7. The summed E-state index contributed by atoms with van der Waals surface area (Å²) in [6.45, 7) is 0.657. The molecular formula is C16H17BrO2. The Morgan fingerprint density at radius 1 is 1.32 bits per heavy atom. The standard InChI is InChI=1S/C16H17BrO2/c17-16-11-6-2-1-4-9(11)13(10-5-3-7-12(10)16)15(8-19-15)14(16)18/h3,7,10,12-13H,1-2,4-6,8H2/t10-,12+,13-,15+,16-/m1/s1. The van der Waals surface area contributed by atoms with Crippen molar-refractivity contribution in [2.75, 3.05) is 6.61 Å². The lowest BCUT2D eigenvalue weighted by Crippen LogP contribution is -2.64. The van der Waals surface area contributed by atoms with E-state index in [1.807, 2.05) is 0 Å². The van der Waals surface area contributed by atoms with Crippen LogP contribution in [-0.4, -0.2) is 22.3 Å². The third-order valence-electron chi connectivity index (χ3n) is 6.10. The summed E-state index contributed by atoms with van der Waals surface area (Å²) in [5.74, 6) is 1.68. The Labute approximate surface area is 121 Å². The molecule has 5 aliphatic carbocycles. The lowest BCUT2D eigenvalue weighted by atomic mass is 9.50. The Bertz CT molecular complexity index is 557. The van der Waals surface area contributed by atoms with Crippen LogP contribution in [0.3, 0.4) is 0 Å². The summed E-state index contributed by atoms with van der Waals surface area (Å²) in [5, 5.41) is 0. The van der Waals surface area contributed by atoms with E-state index in [0.717, 1.165) is 12.8 Å². The second kappa shape index (κ2) is 3.25. The highest BCUT2D eigenvalue weighted by atomic mass is 79.9. The molecule has 1 heterocycles. The minimum absolute atomic E-state index is 0.332. The number of allylic oxidation sites excluding steroid dienone is 3. The predicted molar refractivity (Wildman–Crippen MR) is 75.1 cm³/mol. The number of ketones is 1. The van der Waals surface area contributed by atoms with Crippen molar-refractivity contribution in [3.05, 3.63) is 23.3 Å². The molecular weight excluding hydrogens is 304 g/mol. The Kier molecular flexibility index (Phi) is 1.93. The van der Waals surface area contributed by atoms with Crippen molar-refractivity contribution in [1.82, 2.24) is 0 Å². The minimum atomic E-state index is -0.438. The summed E-state index contributed by atoms with van der Waals surface area (Å²) >= 11 is 3.92. The number of hydrogen-bond donors (Lipinski definition) is 0. The average molecular weight is 321 g/mol. The third kappa shape index (κ3) is 1.06. The Morgan fingerprint density at radius 3 is 2.89 bits per heavy atom. The quantitative estimate of drug-likeness (QED) is 0.390. The number of ether oxygens (including phenoxy) is 1. The van der Waals surface area contributed by atoms with Crippen molar-refractivity contribution in [3.63, 3.8) is 0 Å². The largest absolute Gasteiger partial charge is 0.361 e. The van der Waals surface area contributed by atoms with Crippen molar-refractivity contribution in [3.8, 4) is 0 Å². The zero-order chi connectivity index (χ0) is 12.8. The van der Waals surface area contributed by atoms with Crippen molar-refractivity contribution in [2.24, 2.45) is 17.8 Å². The summed E-state index contributed by atoms with van der Waals surface area (Å²) in [7, 11) is 0. The first kappa shape index (κ1) is 11.3. The van der Waals surface area contributed by atoms with Gasteiger partial charge in [0.1, 0.15) is 4.32 Å². The van der Waals surface area contributed by atoms with Gasteiger partial charge in [-0.05, 0) is 43.6 Å². The van der Waals surface area contributed by atoms with Gasteiger partial charge in [0.2, 0.25) is 0 Å². The van der Waals surface area contributed by atoms with E-state index >= 15 is 0 Å². The maximum atomic E-state index is 13.1. The molecule has 0 amide bonds. The van der Waals surface area contributed by atoms with Gasteiger partial charge >= 0.3 is 0 Å². The van der Waals surface area contributed by atoms with Crippen LogP contribution >= 0.6 is 15.9 Å². The van der Waals surface area contributed by atoms with Crippen LogP contribution in [0.25, 0.3) is 0 Å². The second-order valence-electron chi connectivity index (χ2n) is 6.76. The molecule has 0 N–H and O–H groups in total. The number of epoxide rings is 1. The summed E-state index contributed by atoms with van der Waals surface area (Å²) < 4.78 is 5.34. The molecule has 2 nitrogen and oxygen atoms in total. The van der Waals surface area contributed by atoms with E-state index in [1.54, 1.807) is 5.57 Å². The van der Waals surface area contributed by atoms with E-state index in [9.17, 15) is 4.79 Å². The fraction of sp³-hybridized carbons (Fsp3) is 0.688. The highest BCUT2D eigenvalue weighted by Gasteiger charge is 2.75. The Hall–Kier alpha value is -0.410. The van der Waals surface area contributed by atoms with Crippen molar-refractivity contribution < 1.29 is 9.53 Å². The molecule has 2 bridgehead atoms. The van der Waals surface area contributed by atoms with Gasteiger partial charge in [-0.1, -0.05) is 33.7 Å². The minimum Gasteiger partial charge on any atom is -0.361 e. The highest BCUT2D eigenvalue weighted by molar-refractivity contribution is 9.10. The van der Waals surface area contributed by atoms with Crippen LogP contribution in [0.2, 0.25) is 0 Å². The molecule has 0 unspecified atom stereocenters. The van der Waals surface area contributed by atoms with Crippen LogP contribution < -0.4 is 0 Å². The molecule has 1 aliphatic heterocycles. The molecule has 0 aromatic rings. The molecule has 6 rings (SSSR count). The van der Waals surface area contributed by atoms with E-state index in [4.69, 9.17) is 4.74 Å². The summed E-state index contributed by atoms with van der Waals surface area (Å²) in [6.07, 6.45) is 10.5. The van der Waals surface area contributed by atoms with E-state index in [1.165, 1.54) is 24.8 Å². The molecule has 19 heavy (non-hydrogen) atoms. The number of Topliss-reactive ketones (excluding diaryl/α,β-unsaturated/α-hetero) is 1. The highest BCUT2D eigenvalue weighted by Crippen LogP contribution is 2.68. The van der Waals surface area contributed by atoms with E-state index in [0.29, 0.717) is 30.1 Å². The number of alkyl halides is 1. The summed E-state index contributed by atoms with van der Waals surface area (Å²) in [5.41, 5.74) is 2.58. The zero-order valence-corrected chi connectivity index (χ0v) is 12.4. The SMILES string of the molecule is O=C1[C@@]2(Br)C3=C(CCCC3)[C@H]([C@@H]3CC=C[C@@H]32)[C@@]12CO2. The van der Waals surface area contributed by atoms with Gasteiger partial charge in [0.05, 0.1) is 6.61 Å². The smallest absolute Gasteiger partial charge is 0.188 e. The lowest BCUT2D eigenvalue weighted by molar-refractivity contribution is -0.134. The van der Waals surface area contributed by atoms with Gasteiger partial charge in [0, 0.05) is 11.8 Å². The van der Waals surface area contributed by atoms with Gasteiger partial charge in [-0.2, -0.15) is 0 Å². The first-order valence-corrected chi connectivity index (χ1v) is 8.26. The molecule has 1 saturated carbocycles. The summed E-state index contributed by atoms with van der Waals surface area (Å²) in [4.78, 5) is 13.1. The predicted octanol–water partition coefficient (Wildman–Crippen LogP) is 3.16. The summed E-state index contributed by atoms with van der Waals surface area (Å²) in [6, 6.07) is 0. The van der Waals surface area contributed by atoms with E-state index in [2.05, 4.69) is 28.1 Å².